The fourth-order valence-corrected chi connectivity index (χ4v) is 3.83. The highest BCUT2D eigenvalue weighted by atomic mass is 79.9. The molecule has 9 heteroatoms. The van der Waals surface area contributed by atoms with Gasteiger partial charge in [0.25, 0.3) is 0 Å². The highest BCUT2D eigenvalue weighted by Gasteiger charge is 2.33. The van der Waals surface area contributed by atoms with E-state index in [1.165, 1.54) is 11.0 Å². The number of nitrogens with zero attached hydrogens (tertiary/aromatic N) is 4. The van der Waals surface area contributed by atoms with Crippen molar-refractivity contribution in [2.75, 3.05) is 32.1 Å². The highest BCUT2D eigenvalue weighted by Crippen LogP contribution is 2.27. The summed E-state index contributed by atoms with van der Waals surface area (Å²) in [5.74, 6) is 0.263. The van der Waals surface area contributed by atoms with Crippen molar-refractivity contribution in [2.45, 2.75) is 13.0 Å². The van der Waals surface area contributed by atoms with Gasteiger partial charge in [0.2, 0.25) is 11.8 Å². The number of aromatic nitrogens is 2. The molecule has 3 aromatic rings. The first kappa shape index (κ1) is 22.7. The first-order valence-electron chi connectivity index (χ1n) is 10.3. The molecule has 2 aromatic heterocycles. The predicted octanol–water partition coefficient (Wildman–Crippen LogP) is 4.21. The number of halogens is 1. The van der Waals surface area contributed by atoms with Crippen LogP contribution < -0.4 is 9.64 Å². The number of aryl methyl sites for hydroxylation is 1. The highest BCUT2D eigenvalue weighted by molar-refractivity contribution is 9.10. The van der Waals surface area contributed by atoms with Crippen LogP contribution >= 0.6 is 15.9 Å². The number of likely N-dealkylation sites (N-methyl/N-ethyl adjacent to an activating group) is 1. The Morgan fingerprint density at radius 1 is 1.33 bits per heavy atom. The molecule has 0 spiro atoms. The summed E-state index contributed by atoms with van der Waals surface area (Å²) in [4.78, 5) is 36.9. The minimum atomic E-state index is -0.420. The molecule has 8 nitrogen and oxygen atoms in total. The van der Waals surface area contributed by atoms with Crippen LogP contribution in [0, 0.1) is 6.92 Å². The number of fused-ring (bicyclic) bond motifs is 1. The summed E-state index contributed by atoms with van der Waals surface area (Å²) in [6, 6.07) is 11.0. The van der Waals surface area contributed by atoms with Gasteiger partial charge in [-0.3, -0.25) is 14.7 Å². The van der Waals surface area contributed by atoms with E-state index >= 15 is 0 Å². The minimum absolute atomic E-state index is 0.211. The van der Waals surface area contributed by atoms with E-state index in [0.717, 1.165) is 21.3 Å². The number of ether oxygens (including phenoxy) is 2. The maximum Gasteiger partial charge on any atom is 0.414 e. The number of methoxy groups -OCH3 is 1. The van der Waals surface area contributed by atoms with Crippen molar-refractivity contribution in [2.24, 2.45) is 0 Å². The van der Waals surface area contributed by atoms with Gasteiger partial charge in [-0.15, -0.1) is 0 Å². The lowest BCUT2D eigenvalue weighted by Gasteiger charge is -2.19. The van der Waals surface area contributed by atoms with Gasteiger partial charge in [-0.05, 0) is 48.9 Å². The summed E-state index contributed by atoms with van der Waals surface area (Å²) in [7, 11) is 3.23. The molecule has 0 bridgehead atoms. The number of pyridine rings is 2. The van der Waals surface area contributed by atoms with Crippen molar-refractivity contribution in [1.29, 1.82) is 0 Å². The van der Waals surface area contributed by atoms with Crippen LogP contribution in [0.5, 0.6) is 5.88 Å². The lowest BCUT2D eigenvalue weighted by Crippen LogP contribution is -2.35. The molecule has 1 atom stereocenters. The van der Waals surface area contributed by atoms with Crippen LogP contribution in [0.1, 0.15) is 11.1 Å². The monoisotopic (exact) mass is 510 g/mol. The molecule has 170 valence electrons. The SMILES string of the molecule is COc1ccc2nccc(C=CC(=O)N(C)CC3CN(c4ccc(Br)c(C)c4)C(=O)O3)c2n1. The second-order valence-electron chi connectivity index (χ2n) is 7.72. The summed E-state index contributed by atoms with van der Waals surface area (Å²) in [6.07, 6.45) is 4.01. The molecule has 1 unspecified atom stereocenters. The summed E-state index contributed by atoms with van der Waals surface area (Å²) in [6.45, 7) is 2.62. The number of hydrogen-bond donors (Lipinski definition) is 0. The standard InChI is InChI=1S/C24H23BrN4O4/c1-15-12-17(5-6-19(15)25)29-14-18(33-24(29)31)13-28(2)22(30)9-4-16-10-11-26-20-7-8-21(32-3)27-23(16)20/h4-12,18H,13-14H2,1-3H3. The van der Waals surface area contributed by atoms with Gasteiger partial charge in [-0.25, -0.2) is 9.78 Å². The van der Waals surface area contributed by atoms with Crippen molar-refractivity contribution < 1.29 is 19.1 Å². The number of carbonyl (C=O) groups excluding carboxylic acids is 2. The van der Waals surface area contributed by atoms with E-state index in [9.17, 15) is 9.59 Å². The lowest BCUT2D eigenvalue weighted by atomic mass is 10.2. The largest absolute Gasteiger partial charge is 0.481 e. The van der Waals surface area contributed by atoms with Crippen LogP contribution in [0.4, 0.5) is 10.5 Å². The van der Waals surface area contributed by atoms with Crippen LogP contribution in [-0.4, -0.2) is 60.2 Å². The van der Waals surface area contributed by atoms with Gasteiger partial charge in [-0.2, -0.15) is 0 Å². The van der Waals surface area contributed by atoms with Crippen molar-refractivity contribution in [3.05, 3.63) is 64.3 Å². The van der Waals surface area contributed by atoms with Crippen molar-refractivity contribution in [1.82, 2.24) is 14.9 Å². The van der Waals surface area contributed by atoms with E-state index in [2.05, 4.69) is 25.9 Å². The zero-order chi connectivity index (χ0) is 23.5. The number of rotatable bonds is 6. The maximum absolute atomic E-state index is 12.7. The predicted molar refractivity (Wildman–Crippen MR) is 129 cm³/mol. The molecule has 0 N–H and O–H groups in total. The molecule has 1 fully saturated rings. The van der Waals surface area contributed by atoms with E-state index in [1.807, 2.05) is 31.2 Å². The van der Waals surface area contributed by atoms with E-state index in [-0.39, 0.29) is 12.5 Å². The molecule has 1 aliphatic heterocycles. The Labute approximate surface area is 200 Å². The van der Waals surface area contributed by atoms with Crippen molar-refractivity contribution in [3.8, 4) is 5.88 Å². The Bertz CT molecular complexity index is 1250. The molecule has 1 aromatic carbocycles. The minimum Gasteiger partial charge on any atom is -0.481 e. The Balaban J connectivity index is 1.42. The molecule has 33 heavy (non-hydrogen) atoms. The fraction of sp³-hybridized carbons (Fsp3) is 0.250. The van der Waals surface area contributed by atoms with Crippen LogP contribution in [0.15, 0.2) is 53.1 Å². The quantitative estimate of drug-likeness (QED) is 0.462. The third-order valence-corrected chi connectivity index (χ3v) is 6.27. The van der Waals surface area contributed by atoms with Gasteiger partial charge in [0.1, 0.15) is 6.10 Å². The molecular weight excluding hydrogens is 488 g/mol. The van der Waals surface area contributed by atoms with E-state index in [1.54, 1.807) is 43.5 Å². The van der Waals surface area contributed by atoms with Gasteiger partial charge in [0.05, 0.1) is 31.2 Å². The average molecular weight is 511 g/mol. The number of cyclic esters (lactones) is 1. The summed E-state index contributed by atoms with van der Waals surface area (Å²) < 4.78 is 11.7. The topological polar surface area (TPSA) is 84.9 Å². The molecule has 4 rings (SSSR count). The van der Waals surface area contributed by atoms with Crippen molar-refractivity contribution >= 4 is 50.7 Å². The maximum atomic E-state index is 12.7. The van der Waals surface area contributed by atoms with Crippen LogP contribution in [0.25, 0.3) is 17.1 Å². The lowest BCUT2D eigenvalue weighted by molar-refractivity contribution is -0.125. The Morgan fingerprint density at radius 3 is 2.91 bits per heavy atom. The normalized spacial score (nSPS) is 15.8. The molecule has 0 aliphatic carbocycles. The number of carbonyl (C=O) groups is 2. The molecule has 1 saturated heterocycles. The first-order chi connectivity index (χ1) is 15.9. The third-order valence-electron chi connectivity index (χ3n) is 5.39. The van der Waals surface area contributed by atoms with Gasteiger partial charge < -0.3 is 14.4 Å². The number of amides is 2. The number of benzene rings is 1. The van der Waals surface area contributed by atoms with Crippen LogP contribution in [-0.2, 0) is 9.53 Å². The van der Waals surface area contributed by atoms with E-state index in [0.29, 0.717) is 23.5 Å². The third kappa shape index (κ3) is 4.98. The first-order valence-corrected chi connectivity index (χ1v) is 11.1. The van der Waals surface area contributed by atoms with Crippen LogP contribution in [0.3, 0.4) is 0 Å². The smallest absolute Gasteiger partial charge is 0.414 e. The molecule has 2 amide bonds. The van der Waals surface area contributed by atoms with Crippen LogP contribution in [0.2, 0.25) is 0 Å². The van der Waals surface area contributed by atoms with Crippen molar-refractivity contribution in [3.63, 3.8) is 0 Å². The second kappa shape index (κ2) is 9.58. The fourth-order valence-electron chi connectivity index (χ4n) is 3.58. The Hall–Kier alpha value is -3.46. The zero-order valence-corrected chi connectivity index (χ0v) is 20.1. The number of anilines is 1. The molecule has 0 radical (unpaired) electrons. The molecule has 1 aliphatic rings. The van der Waals surface area contributed by atoms with E-state index in [4.69, 9.17) is 9.47 Å². The Kier molecular flexibility index (Phi) is 6.60. The summed E-state index contributed by atoms with van der Waals surface area (Å²) >= 11 is 3.47. The average Bonchev–Trinajstić information content (AvgIpc) is 3.18. The summed E-state index contributed by atoms with van der Waals surface area (Å²) in [5, 5.41) is 0. The molecular formula is C24H23BrN4O4. The Morgan fingerprint density at radius 2 is 2.15 bits per heavy atom. The molecule has 0 saturated carbocycles. The second-order valence-corrected chi connectivity index (χ2v) is 8.58. The number of hydrogen-bond acceptors (Lipinski definition) is 6. The van der Waals surface area contributed by atoms with Gasteiger partial charge in [0.15, 0.2) is 0 Å². The van der Waals surface area contributed by atoms with Gasteiger partial charge >= 0.3 is 6.09 Å². The van der Waals surface area contributed by atoms with Gasteiger partial charge in [-0.1, -0.05) is 15.9 Å². The molecule has 3 heterocycles. The summed E-state index contributed by atoms with van der Waals surface area (Å²) in [5.41, 5.74) is 3.90. The zero-order valence-electron chi connectivity index (χ0n) is 18.5. The van der Waals surface area contributed by atoms with E-state index < -0.39 is 12.2 Å². The van der Waals surface area contributed by atoms with Gasteiger partial charge in [0, 0.05) is 41.1 Å².